The zero-order valence-corrected chi connectivity index (χ0v) is 16.3. The number of ether oxygens (including phenoxy) is 1. The zero-order chi connectivity index (χ0) is 18.0. The molecule has 1 aliphatic rings. The molecule has 0 saturated carbocycles. The van der Waals surface area contributed by atoms with Crippen LogP contribution in [0.3, 0.4) is 0 Å². The highest BCUT2D eigenvalue weighted by molar-refractivity contribution is 8.06. The molecule has 0 aliphatic carbocycles. The maximum absolute atomic E-state index is 12.8. The van der Waals surface area contributed by atoms with E-state index in [1.807, 2.05) is 4.57 Å². The van der Waals surface area contributed by atoms with Crippen LogP contribution < -0.4 is 5.73 Å². The van der Waals surface area contributed by atoms with Gasteiger partial charge in [0.1, 0.15) is 5.52 Å². The van der Waals surface area contributed by atoms with Crippen LogP contribution in [0.1, 0.15) is 13.8 Å². The van der Waals surface area contributed by atoms with Crippen molar-refractivity contribution < 1.29 is 18.3 Å². The summed E-state index contributed by atoms with van der Waals surface area (Å²) in [6.45, 7) is 5.09. The second kappa shape index (κ2) is 7.77. The van der Waals surface area contributed by atoms with Gasteiger partial charge in [-0.1, -0.05) is 11.6 Å². The van der Waals surface area contributed by atoms with E-state index in [1.165, 1.54) is 11.8 Å². The molecule has 25 heavy (non-hydrogen) atoms. The molecule has 2 aromatic heterocycles. The molecule has 2 N–H and O–H groups in total. The van der Waals surface area contributed by atoms with Gasteiger partial charge in [0, 0.05) is 11.8 Å². The molecule has 0 aromatic carbocycles. The van der Waals surface area contributed by atoms with Gasteiger partial charge in [-0.05, 0) is 13.8 Å². The van der Waals surface area contributed by atoms with Crippen molar-refractivity contribution >= 4 is 48.1 Å². The van der Waals surface area contributed by atoms with E-state index in [0.29, 0.717) is 37.5 Å². The van der Waals surface area contributed by atoms with Crippen molar-refractivity contribution in [1.82, 2.24) is 19.5 Å². The smallest absolute Gasteiger partial charge is 0.368 e. The van der Waals surface area contributed by atoms with E-state index in [-0.39, 0.29) is 16.4 Å². The summed E-state index contributed by atoms with van der Waals surface area (Å²) in [5.41, 5.74) is 6.71. The number of hydrogen-bond donors (Lipinski definition) is 1. The minimum Gasteiger partial charge on any atom is -0.368 e. The molecule has 1 aliphatic heterocycles. The van der Waals surface area contributed by atoms with Crippen LogP contribution in [0.5, 0.6) is 0 Å². The number of hydrogen-bond acceptors (Lipinski definition) is 9. The summed E-state index contributed by atoms with van der Waals surface area (Å²) in [5, 5.41) is -0.395. The van der Waals surface area contributed by atoms with Crippen LogP contribution in [0.25, 0.3) is 11.2 Å². The number of fused-ring (bicyclic) bond motifs is 1. The second-order valence-electron chi connectivity index (χ2n) is 5.22. The maximum Gasteiger partial charge on any atom is 0.369 e. The van der Waals surface area contributed by atoms with Gasteiger partial charge < -0.3 is 24.1 Å². The summed E-state index contributed by atoms with van der Waals surface area (Å²) < 4.78 is 31.0. The van der Waals surface area contributed by atoms with Gasteiger partial charge in [-0.25, -0.2) is 4.98 Å². The monoisotopic (exact) mass is 407 g/mol. The average Bonchev–Trinajstić information content (AvgIpc) is 3.16. The van der Waals surface area contributed by atoms with Crippen molar-refractivity contribution in [2.24, 2.45) is 0 Å². The predicted molar refractivity (Wildman–Crippen MR) is 96.7 cm³/mol. The first-order valence-electron chi connectivity index (χ1n) is 7.76. The van der Waals surface area contributed by atoms with Crippen LogP contribution in [0.15, 0.2) is 6.33 Å². The molecule has 0 amide bonds. The van der Waals surface area contributed by atoms with E-state index in [2.05, 4.69) is 15.0 Å². The highest BCUT2D eigenvalue weighted by atomic mass is 35.5. The number of nitrogens with two attached hydrogens (primary N) is 1. The molecule has 9 nitrogen and oxygen atoms in total. The van der Waals surface area contributed by atoms with Gasteiger partial charge in [0.25, 0.3) is 0 Å². The third-order valence-corrected chi connectivity index (χ3v) is 7.79. The Morgan fingerprint density at radius 1 is 1.44 bits per heavy atom. The summed E-state index contributed by atoms with van der Waals surface area (Å²) in [7, 11) is -3.31. The molecule has 1 fully saturated rings. The molecule has 0 bridgehead atoms. The van der Waals surface area contributed by atoms with E-state index < -0.39 is 12.8 Å². The Hall–Kier alpha value is -0.900. The standard InChI is InChI=1S/C13H19ClN5O4PS/c1-3-22-24(20,23-4-2)13-21-6-8(25-13)5-19-7-16-9-10(14)17-12(15)18-11(9)19/h7-8,13H,3-6H2,1-2H3,(H2,15,17,18)/t8-,13+/m0/s1. The number of nitrogen functional groups attached to an aromatic ring is 1. The Labute approximate surface area is 154 Å². The van der Waals surface area contributed by atoms with Crippen LogP contribution in [-0.2, 0) is 24.9 Å². The third-order valence-electron chi connectivity index (χ3n) is 3.45. The van der Waals surface area contributed by atoms with E-state index in [0.717, 1.165) is 0 Å². The molecular formula is C13H19ClN5O4PS. The average molecular weight is 408 g/mol. The quantitative estimate of drug-likeness (QED) is 0.546. The number of nitrogens with zero attached hydrogens (tertiary/aromatic N) is 4. The lowest BCUT2D eigenvalue weighted by atomic mass is 10.4. The van der Waals surface area contributed by atoms with Crippen molar-refractivity contribution in [3.8, 4) is 0 Å². The lowest BCUT2D eigenvalue weighted by Gasteiger charge is -2.21. The van der Waals surface area contributed by atoms with Gasteiger partial charge >= 0.3 is 7.60 Å². The Morgan fingerprint density at radius 2 is 2.16 bits per heavy atom. The third kappa shape index (κ3) is 3.94. The van der Waals surface area contributed by atoms with Crippen LogP contribution >= 0.6 is 31.0 Å². The number of imidazole rings is 1. The van der Waals surface area contributed by atoms with Gasteiger partial charge in [0.05, 0.1) is 26.1 Å². The zero-order valence-electron chi connectivity index (χ0n) is 13.8. The fourth-order valence-electron chi connectivity index (χ4n) is 2.49. The van der Waals surface area contributed by atoms with Crippen LogP contribution in [0.2, 0.25) is 5.15 Å². The van der Waals surface area contributed by atoms with Gasteiger partial charge in [0.2, 0.25) is 11.1 Å². The second-order valence-corrected chi connectivity index (χ2v) is 9.36. The fourth-order valence-corrected chi connectivity index (χ4v) is 6.39. The Morgan fingerprint density at radius 3 is 2.84 bits per heavy atom. The molecule has 2 atom stereocenters. The molecular weight excluding hydrogens is 389 g/mol. The lowest BCUT2D eigenvalue weighted by molar-refractivity contribution is 0.128. The van der Waals surface area contributed by atoms with Gasteiger partial charge in [-0.2, -0.15) is 9.97 Å². The first kappa shape index (κ1) is 18.9. The van der Waals surface area contributed by atoms with Crippen LogP contribution in [-0.4, -0.2) is 49.8 Å². The SMILES string of the molecule is CCOP(=O)(OCC)[C@H]1OC[C@H](Cn2cnc3c(Cl)nc(N)nc32)S1. The van der Waals surface area contributed by atoms with Crippen molar-refractivity contribution in [1.29, 1.82) is 0 Å². The number of rotatable bonds is 7. The first-order chi connectivity index (χ1) is 12.0. The summed E-state index contributed by atoms with van der Waals surface area (Å²) in [6, 6.07) is 0. The molecule has 2 aromatic rings. The van der Waals surface area contributed by atoms with Gasteiger partial charge in [-0.3, -0.25) is 4.57 Å². The molecule has 0 unspecified atom stereocenters. The Bertz CT molecular complexity index is 796. The van der Waals surface area contributed by atoms with Crippen molar-refractivity contribution in [3.05, 3.63) is 11.5 Å². The first-order valence-corrected chi connectivity index (χ1v) is 10.7. The summed E-state index contributed by atoms with van der Waals surface area (Å²) in [5.74, 6) is 0.0876. The van der Waals surface area contributed by atoms with Crippen LogP contribution in [0.4, 0.5) is 5.95 Å². The lowest BCUT2D eigenvalue weighted by Crippen LogP contribution is -2.13. The highest BCUT2D eigenvalue weighted by Crippen LogP contribution is 2.60. The molecule has 3 rings (SSSR count). The largest absolute Gasteiger partial charge is 0.369 e. The maximum atomic E-state index is 12.8. The number of anilines is 1. The molecule has 3 heterocycles. The van der Waals surface area contributed by atoms with Gasteiger partial charge in [0.15, 0.2) is 10.8 Å². The number of thioether (sulfide) groups is 1. The molecule has 138 valence electrons. The van der Waals surface area contributed by atoms with E-state index in [9.17, 15) is 4.57 Å². The van der Waals surface area contributed by atoms with Gasteiger partial charge in [-0.15, -0.1) is 11.8 Å². The fraction of sp³-hybridized carbons (Fsp3) is 0.615. The molecule has 12 heteroatoms. The van der Waals surface area contributed by atoms with Crippen molar-refractivity contribution in [3.63, 3.8) is 0 Å². The molecule has 1 saturated heterocycles. The normalized spacial score (nSPS) is 21.2. The predicted octanol–water partition coefficient (Wildman–Crippen LogP) is 2.74. The Kier molecular flexibility index (Phi) is 5.87. The van der Waals surface area contributed by atoms with E-state index in [4.69, 9.17) is 31.1 Å². The minimum atomic E-state index is -3.31. The number of aromatic nitrogens is 4. The van der Waals surface area contributed by atoms with E-state index in [1.54, 1.807) is 20.2 Å². The Balaban J connectivity index is 1.74. The van der Waals surface area contributed by atoms with Crippen LogP contribution in [0, 0.1) is 0 Å². The highest BCUT2D eigenvalue weighted by Gasteiger charge is 2.43. The summed E-state index contributed by atoms with van der Waals surface area (Å²) in [6.07, 6.45) is 1.63. The topological polar surface area (TPSA) is 114 Å². The summed E-state index contributed by atoms with van der Waals surface area (Å²) >= 11 is 7.46. The number of halogens is 1. The van der Waals surface area contributed by atoms with Crippen molar-refractivity contribution in [2.45, 2.75) is 30.8 Å². The van der Waals surface area contributed by atoms with Crippen molar-refractivity contribution in [2.75, 3.05) is 25.6 Å². The minimum absolute atomic E-state index is 0.0339. The van der Waals surface area contributed by atoms with E-state index >= 15 is 0 Å². The molecule has 0 radical (unpaired) electrons. The summed E-state index contributed by atoms with van der Waals surface area (Å²) in [4.78, 5) is 12.3. The molecule has 0 spiro atoms.